The van der Waals surface area contributed by atoms with Gasteiger partial charge in [0.05, 0.1) is 0 Å². The Hall–Kier alpha value is -2.12. The van der Waals surface area contributed by atoms with Crippen molar-refractivity contribution in [1.29, 1.82) is 0 Å². The van der Waals surface area contributed by atoms with E-state index in [2.05, 4.69) is 5.32 Å². The number of piperidine rings is 1. The number of benzene rings is 1. The molecule has 146 valence electrons. The van der Waals surface area contributed by atoms with Crippen LogP contribution in [0.2, 0.25) is 0 Å². The maximum atomic E-state index is 13.0. The van der Waals surface area contributed by atoms with Crippen molar-refractivity contribution in [3.63, 3.8) is 0 Å². The number of hydrogen-bond donors (Lipinski definition) is 1. The lowest BCUT2D eigenvalue weighted by molar-refractivity contribution is 0.0942. The van der Waals surface area contributed by atoms with Crippen molar-refractivity contribution in [2.45, 2.75) is 44.6 Å². The first-order valence-electron chi connectivity index (χ1n) is 9.31. The van der Waals surface area contributed by atoms with Gasteiger partial charge in [-0.15, -0.1) is 0 Å². The fraction of sp³-hybridized carbons (Fsp3) is 0.450. The molecule has 1 fully saturated rings. The molecule has 0 aliphatic carbocycles. The number of aryl methyl sites for hydroxylation is 1. The van der Waals surface area contributed by atoms with Gasteiger partial charge in [-0.3, -0.25) is 4.79 Å². The topological polar surface area (TPSA) is 71.4 Å². The minimum atomic E-state index is -3.57. The third-order valence-corrected chi connectivity index (χ3v) is 7.37. The van der Waals surface area contributed by atoms with Crippen molar-refractivity contribution in [1.82, 2.24) is 14.2 Å². The zero-order valence-electron chi connectivity index (χ0n) is 16.2. The highest BCUT2D eigenvalue weighted by molar-refractivity contribution is 7.89. The Bertz CT molecular complexity index is 941. The first-order chi connectivity index (χ1) is 12.8. The summed E-state index contributed by atoms with van der Waals surface area (Å²) in [5, 5.41) is 2.90. The fourth-order valence-electron chi connectivity index (χ4n) is 3.47. The number of nitrogens with one attached hydrogen (secondary N) is 1. The Morgan fingerprint density at radius 1 is 1.11 bits per heavy atom. The van der Waals surface area contributed by atoms with Crippen molar-refractivity contribution in [2.75, 3.05) is 13.1 Å². The summed E-state index contributed by atoms with van der Waals surface area (Å²) in [5.41, 5.74) is 3.09. The molecule has 1 aliphatic heterocycles. The van der Waals surface area contributed by atoms with Gasteiger partial charge in [0.15, 0.2) is 0 Å². The minimum absolute atomic E-state index is 0.230. The average molecular weight is 390 g/mol. The first kappa shape index (κ1) is 19.6. The molecule has 0 atom stereocenters. The van der Waals surface area contributed by atoms with Gasteiger partial charge in [-0.2, -0.15) is 4.31 Å². The van der Waals surface area contributed by atoms with Crippen molar-refractivity contribution >= 4 is 15.9 Å². The van der Waals surface area contributed by atoms with Gasteiger partial charge in [0.1, 0.15) is 10.6 Å². The summed E-state index contributed by atoms with van der Waals surface area (Å²) in [4.78, 5) is 12.9. The SMILES string of the molecule is Cc1ccccc1CNC(=O)c1cc(S(=O)(=O)N2CCCCC2)c(C)n1C. The van der Waals surface area contributed by atoms with Crippen LogP contribution in [0, 0.1) is 13.8 Å². The predicted octanol–water partition coefficient (Wildman–Crippen LogP) is 2.75. The zero-order valence-corrected chi connectivity index (χ0v) is 17.0. The molecule has 3 rings (SSSR count). The molecule has 1 N–H and O–H groups in total. The number of carbonyl (C=O) groups excluding carboxylic acids is 1. The van der Waals surface area contributed by atoms with E-state index in [9.17, 15) is 13.2 Å². The van der Waals surface area contributed by atoms with E-state index in [1.54, 1.807) is 18.5 Å². The summed E-state index contributed by atoms with van der Waals surface area (Å²) in [6.07, 6.45) is 2.83. The van der Waals surface area contributed by atoms with Gasteiger partial charge in [-0.05, 0) is 43.9 Å². The number of nitrogens with zero attached hydrogens (tertiary/aromatic N) is 2. The van der Waals surface area contributed by atoms with E-state index < -0.39 is 10.0 Å². The molecule has 0 saturated carbocycles. The lowest BCUT2D eigenvalue weighted by atomic mass is 10.1. The smallest absolute Gasteiger partial charge is 0.268 e. The van der Waals surface area contributed by atoms with Crippen LogP contribution >= 0.6 is 0 Å². The van der Waals surface area contributed by atoms with Crippen LogP contribution in [0.15, 0.2) is 35.2 Å². The van der Waals surface area contributed by atoms with Crippen LogP contribution in [0.4, 0.5) is 0 Å². The number of aromatic nitrogens is 1. The first-order valence-corrected chi connectivity index (χ1v) is 10.8. The molecule has 7 heteroatoms. The largest absolute Gasteiger partial charge is 0.347 e. The van der Waals surface area contributed by atoms with Crippen LogP contribution < -0.4 is 5.32 Å². The number of sulfonamides is 1. The van der Waals surface area contributed by atoms with Gasteiger partial charge in [-0.1, -0.05) is 30.7 Å². The van der Waals surface area contributed by atoms with Crippen molar-refractivity contribution < 1.29 is 13.2 Å². The summed E-state index contributed by atoms with van der Waals surface area (Å²) in [7, 11) is -1.84. The van der Waals surface area contributed by atoms with E-state index in [0.717, 1.165) is 30.4 Å². The van der Waals surface area contributed by atoms with E-state index in [1.165, 1.54) is 10.4 Å². The molecule has 1 aromatic carbocycles. The number of amides is 1. The summed E-state index contributed by atoms with van der Waals surface area (Å²) in [6.45, 7) is 5.24. The number of carbonyl (C=O) groups is 1. The monoisotopic (exact) mass is 389 g/mol. The molecule has 1 aliphatic rings. The summed E-state index contributed by atoms with van der Waals surface area (Å²) >= 11 is 0. The quantitative estimate of drug-likeness (QED) is 0.855. The maximum Gasteiger partial charge on any atom is 0.268 e. The van der Waals surface area contributed by atoms with Crippen molar-refractivity contribution in [3.8, 4) is 0 Å². The van der Waals surface area contributed by atoms with Crippen LogP contribution in [0.3, 0.4) is 0 Å². The standard InChI is InChI=1S/C20H27N3O3S/c1-15-9-5-6-10-17(15)14-21-20(24)18-13-19(16(2)22(18)3)27(25,26)23-11-7-4-8-12-23/h5-6,9-10,13H,4,7-8,11-12,14H2,1-3H3,(H,21,24). The second kappa shape index (κ2) is 7.86. The molecule has 27 heavy (non-hydrogen) atoms. The van der Waals surface area contributed by atoms with E-state index in [0.29, 0.717) is 31.0 Å². The third-order valence-electron chi connectivity index (χ3n) is 5.36. The lowest BCUT2D eigenvalue weighted by Gasteiger charge is -2.25. The second-order valence-corrected chi connectivity index (χ2v) is 9.02. The minimum Gasteiger partial charge on any atom is -0.347 e. The Morgan fingerprint density at radius 3 is 2.44 bits per heavy atom. The predicted molar refractivity (Wildman–Crippen MR) is 105 cm³/mol. The van der Waals surface area contributed by atoms with Gasteiger partial charge in [0, 0.05) is 32.4 Å². The fourth-order valence-corrected chi connectivity index (χ4v) is 5.26. The molecule has 2 aromatic rings. The molecule has 0 unspecified atom stereocenters. The summed E-state index contributed by atoms with van der Waals surface area (Å²) < 4.78 is 29.2. The van der Waals surface area contributed by atoms with Gasteiger partial charge in [-0.25, -0.2) is 8.42 Å². The Kier molecular flexibility index (Phi) is 5.72. The van der Waals surface area contributed by atoms with Gasteiger partial charge in [0.2, 0.25) is 10.0 Å². The molecule has 6 nitrogen and oxygen atoms in total. The van der Waals surface area contributed by atoms with Crippen LogP contribution in [0.5, 0.6) is 0 Å². The van der Waals surface area contributed by atoms with Crippen LogP contribution in [-0.2, 0) is 23.6 Å². The highest BCUT2D eigenvalue weighted by atomic mass is 32.2. The van der Waals surface area contributed by atoms with Gasteiger partial charge in [0.25, 0.3) is 5.91 Å². The van der Waals surface area contributed by atoms with Gasteiger partial charge < -0.3 is 9.88 Å². The normalized spacial score (nSPS) is 15.7. The number of hydrogen-bond acceptors (Lipinski definition) is 3. The molecule has 0 spiro atoms. The second-order valence-electron chi connectivity index (χ2n) is 7.11. The van der Waals surface area contributed by atoms with Crippen LogP contribution in [0.1, 0.15) is 46.6 Å². The third kappa shape index (κ3) is 3.94. The summed E-state index contributed by atoms with van der Waals surface area (Å²) in [6, 6.07) is 9.37. The molecular formula is C20H27N3O3S. The van der Waals surface area contributed by atoms with Crippen LogP contribution in [-0.4, -0.2) is 36.3 Å². The molecule has 1 saturated heterocycles. The molecule has 2 heterocycles. The molecular weight excluding hydrogens is 362 g/mol. The van der Waals surface area contributed by atoms with E-state index in [-0.39, 0.29) is 10.8 Å². The van der Waals surface area contributed by atoms with Crippen molar-refractivity contribution in [2.24, 2.45) is 7.05 Å². The summed E-state index contributed by atoms with van der Waals surface area (Å²) in [5.74, 6) is -0.274. The number of rotatable bonds is 5. The highest BCUT2D eigenvalue weighted by Crippen LogP contribution is 2.25. The lowest BCUT2D eigenvalue weighted by Crippen LogP contribution is -2.35. The van der Waals surface area contributed by atoms with E-state index in [4.69, 9.17) is 0 Å². The molecule has 1 amide bonds. The average Bonchev–Trinajstić information content (AvgIpc) is 2.97. The Morgan fingerprint density at radius 2 is 1.78 bits per heavy atom. The maximum absolute atomic E-state index is 13.0. The van der Waals surface area contributed by atoms with Crippen LogP contribution in [0.25, 0.3) is 0 Å². The Balaban J connectivity index is 1.82. The van der Waals surface area contributed by atoms with Gasteiger partial charge >= 0.3 is 0 Å². The highest BCUT2D eigenvalue weighted by Gasteiger charge is 2.30. The molecule has 0 radical (unpaired) electrons. The Labute approximate surface area is 161 Å². The van der Waals surface area contributed by atoms with Crippen molar-refractivity contribution in [3.05, 3.63) is 52.8 Å². The molecule has 1 aromatic heterocycles. The van der Waals surface area contributed by atoms with E-state index in [1.807, 2.05) is 31.2 Å². The molecule has 0 bridgehead atoms. The zero-order chi connectivity index (χ0) is 19.6. The van der Waals surface area contributed by atoms with E-state index >= 15 is 0 Å².